The zero-order chi connectivity index (χ0) is 12.8. The molecule has 1 aromatic carbocycles. The molecular formula is C15H18O3. The smallest absolute Gasteiger partial charge is 0.137 e. The van der Waals surface area contributed by atoms with E-state index in [0.717, 1.165) is 11.0 Å². The van der Waals surface area contributed by atoms with E-state index in [9.17, 15) is 5.11 Å². The number of aliphatic hydroxyl groups is 1. The Morgan fingerprint density at radius 2 is 2.17 bits per heavy atom. The van der Waals surface area contributed by atoms with Crippen LogP contribution in [0.2, 0.25) is 0 Å². The van der Waals surface area contributed by atoms with Crippen molar-refractivity contribution in [3.05, 3.63) is 35.6 Å². The molecule has 1 aliphatic heterocycles. The third kappa shape index (κ3) is 1.93. The lowest BCUT2D eigenvalue weighted by Gasteiger charge is -2.33. The van der Waals surface area contributed by atoms with Gasteiger partial charge in [-0.2, -0.15) is 0 Å². The van der Waals surface area contributed by atoms with Gasteiger partial charge >= 0.3 is 0 Å². The molecule has 96 valence electrons. The van der Waals surface area contributed by atoms with Gasteiger partial charge in [0.2, 0.25) is 0 Å². The second kappa shape index (κ2) is 4.11. The number of rotatable bonds is 1. The molecule has 1 aromatic heterocycles. The zero-order valence-corrected chi connectivity index (χ0v) is 10.8. The van der Waals surface area contributed by atoms with Gasteiger partial charge < -0.3 is 14.3 Å². The van der Waals surface area contributed by atoms with Crippen LogP contribution in [0.1, 0.15) is 31.1 Å². The van der Waals surface area contributed by atoms with Gasteiger partial charge in [0.25, 0.3) is 0 Å². The van der Waals surface area contributed by atoms with Crippen molar-refractivity contribution >= 4 is 11.0 Å². The highest BCUT2D eigenvalue weighted by Crippen LogP contribution is 2.37. The Morgan fingerprint density at radius 3 is 2.94 bits per heavy atom. The molecule has 1 fully saturated rings. The Hall–Kier alpha value is -1.32. The predicted octanol–water partition coefficient (Wildman–Crippen LogP) is 3.13. The van der Waals surface area contributed by atoms with Crippen LogP contribution in [0.5, 0.6) is 0 Å². The zero-order valence-electron chi connectivity index (χ0n) is 10.8. The number of benzene rings is 1. The first-order valence-corrected chi connectivity index (χ1v) is 6.41. The summed E-state index contributed by atoms with van der Waals surface area (Å²) in [5, 5.41) is 11.8. The lowest BCUT2D eigenvalue weighted by atomic mass is 9.88. The summed E-state index contributed by atoms with van der Waals surface area (Å²) < 4.78 is 11.3. The van der Waals surface area contributed by atoms with E-state index in [1.807, 2.05) is 25.1 Å². The molecule has 0 spiro atoms. The minimum atomic E-state index is -0.884. The summed E-state index contributed by atoms with van der Waals surface area (Å²) in [7, 11) is 0. The molecule has 0 radical (unpaired) electrons. The van der Waals surface area contributed by atoms with Gasteiger partial charge in [0.1, 0.15) is 16.9 Å². The molecule has 2 unspecified atom stereocenters. The summed E-state index contributed by atoms with van der Waals surface area (Å²) in [5.41, 5.74) is 1.15. The van der Waals surface area contributed by atoms with Crippen LogP contribution in [-0.4, -0.2) is 17.8 Å². The van der Waals surface area contributed by atoms with Crippen molar-refractivity contribution in [3.8, 4) is 0 Å². The summed E-state index contributed by atoms with van der Waals surface area (Å²) in [6, 6.07) is 8.02. The van der Waals surface area contributed by atoms with E-state index in [2.05, 4.69) is 13.0 Å². The molecule has 2 atom stereocenters. The highest BCUT2D eigenvalue weighted by Gasteiger charge is 2.38. The van der Waals surface area contributed by atoms with Crippen LogP contribution in [0.25, 0.3) is 11.0 Å². The first-order chi connectivity index (χ1) is 8.57. The molecule has 0 bridgehead atoms. The Labute approximate surface area is 106 Å². The minimum absolute atomic E-state index is 0.0682. The minimum Gasteiger partial charge on any atom is -0.458 e. The van der Waals surface area contributed by atoms with Crippen LogP contribution < -0.4 is 0 Å². The lowest BCUT2D eigenvalue weighted by molar-refractivity contribution is -0.110. The van der Waals surface area contributed by atoms with Gasteiger partial charge in [-0.15, -0.1) is 0 Å². The van der Waals surface area contributed by atoms with E-state index in [0.29, 0.717) is 25.2 Å². The van der Waals surface area contributed by atoms with Crippen molar-refractivity contribution < 1.29 is 14.3 Å². The number of fused-ring (bicyclic) bond motifs is 1. The molecule has 1 aliphatic rings. The van der Waals surface area contributed by atoms with E-state index in [1.165, 1.54) is 5.56 Å². The molecule has 1 saturated heterocycles. The van der Waals surface area contributed by atoms with Crippen molar-refractivity contribution in [2.24, 2.45) is 0 Å². The normalized spacial score (nSPS) is 28.7. The van der Waals surface area contributed by atoms with Gasteiger partial charge in [-0.05, 0) is 32.0 Å². The largest absolute Gasteiger partial charge is 0.458 e. The van der Waals surface area contributed by atoms with Gasteiger partial charge in [0.05, 0.1) is 12.7 Å². The molecule has 0 aliphatic carbocycles. The van der Waals surface area contributed by atoms with Crippen molar-refractivity contribution in [2.45, 2.75) is 38.4 Å². The fourth-order valence-electron chi connectivity index (χ4n) is 2.68. The van der Waals surface area contributed by atoms with Gasteiger partial charge in [-0.25, -0.2) is 0 Å². The van der Waals surface area contributed by atoms with Crippen LogP contribution in [0.4, 0.5) is 0 Å². The highest BCUT2D eigenvalue weighted by molar-refractivity contribution is 5.78. The number of furan rings is 1. The van der Waals surface area contributed by atoms with Crippen molar-refractivity contribution in [1.29, 1.82) is 0 Å². The van der Waals surface area contributed by atoms with E-state index in [4.69, 9.17) is 9.15 Å². The summed E-state index contributed by atoms with van der Waals surface area (Å²) in [4.78, 5) is 0. The molecule has 0 saturated carbocycles. The van der Waals surface area contributed by atoms with Crippen LogP contribution in [0, 0.1) is 6.92 Å². The number of ether oxygens (including phenoxy) is 1. The fourth-order valence-corrected chi connectivity index (χ4v) is 2.68. The summed E-state index contributed by atoms with van der Waals surface area (Å²) >= 11 is 0. The van der Waals surface area contributed by atoms with Crippen LogP contribution >= 0.6 is 0 Å². The molecule has 2 heterocycles. The Bertz CT molecular complexity index is 572. The average molecular weight is 246 g/mol. The van der Waals surface area contributed by atoms with Gasteiger partial charge in [0, 0.05) is 18.2 Å². The van der Waals surface area contributed by atoms with Gasteiger partial charge in [-0.3, -0.25) is 0 Å². The van der Waals surface area contributed by atoms with Crippen molar-refractivity contribution in [2.75, 3.05) is 6.61 Å². The first kappa shape index (κ1) is 11.8. The lowest BCUT2D eigenvalue weighted by Crippen LogP contribution is -2.37. The van der Waals surface area contributed by atoms with E-state index >= 15 is 0 Å². The highest BCUT2D eigenvalue weighted by atomic mass is 16.5. The molecule has 3 nitrogen and oxygen atoms in total. The molecule has 0 amide bonds. The average Bonchev–Trinajstić information content (AvgIpc) is 2.72. The van der Waals surface area contributed by atoms with Crippen LogP contribution in [0.3, 0.4) is 0 Å². The van der Waals surface area contributed by atoms with E-state index in [-0.39, 0.29) is 6.10 Å². The first-order valence-electron chi connectivity index (χ1n) is 6.41. The number of hydrogen-bond donors (Lipinski definition) is 1. The third-order valence-electron chi connectivity index (χ3n) is 3.67. The summed E-state index contributed by atoms with van der Waals surface area (Å²) in [6.07, 6.45) is 1.25. The Kier molecular flexibility index (Phi) is 2.68. The van der Waals surface area contributed by atoms with Gasteiger partial charge in [0.15, 0.2) is 0 Å². The predicted molar refractivity (Wildman–Crippen MR) is 69.5 cm³/mol. The topological polar surface area (TPSA) is 42.6 Å². The summed E-state index contributed by atoms with van der Waals surface area (Å²) in [6.45, 7) is 4.61. The Balaban J connectivity index is 2.03. The maximum Gasteiger partial charge on any atom is 0.137 e. The fraction of sp³-hybridized carbons (Fsp3) is 0.467. The standard InChI is InChI=1S/C15H18O3/c1-10-3-4-13-12(7-10)8-14(18-13)15(16)5-6-17-11(2)9-15/h3-4,7-8,11,16H,5-6,9H2,1-2H3. The Morgan fingerprint density at radius 1 is 1.33 bits per heavy atom. The number of aryl methyl sites for hydroxylation is 1. The monoisotopic (exact) mass is 246 g/mol. The summed E-state index contributed by atoms with van der Waals surface area (Å²) in [5.74, 6) is 0.665. The quantitative estimate of drug-likeness (QED) is 0.840. The molecule has 3 heteroatoms. The molecule has 3 rings (SSSR count). The molecule has 1 N–H and O–H groups in total. The second-order valence-corrected chi connectivity index (χ2v) is 5.32. The van der Waals surface area contributed by atoms with Gasteiger partial charge in [-0.1, -0.05) is 11.6 Å². The maximum atomic E-state index is 10.7. The maximum absolute atomic E-state index is 10.7. The number of hydrogen-bond acceptors (Lipinski definition) is 3. The van der Waals surface area contributed by atoms with E-state index < -0.39 is 5.60 Å². The van der Waals surface area contributed by atoms with Crippen LogP contribution in [0.15, 0.2) is 28.7 Å². The molecule has 18 heavy (non-hydrogen) atoms. The SMILES string of the molecule is Cc1ccc2oc(C3(O)CCOC(C)C3)cc2c1. The van der Waals surface area contributed by atoms with Crippen molar-refractivity contribution in [1.82, 2.24) is 0 Å². The van der Waals surface area contributed by atoms with Crippen LogP contribution in [-0.2, 0) is 10.3 Å². The molecule has 2 aromatic rings. The van der Waals surface area contributed by atoms with E-state index in [1.54, 1.807) is 0 Å². The van der Waals surface area contributed by atoms with Crippen molar-refractivity contribution in [3.63, 3.8) is 0 Å². The molecular weight excluding hydrogens is 228 g/mol. The third-order valence-corrected chi connectivity index (χ3v) is 3.67. The second-order valence-electron chi connectivity index (χ2n) is 5.32.